The number of rotatable bonds is 3. The molecule has 2 rings (SSSR count). The second kappa shape index (κ2) is 6.22. The van der Waals surface area contributed by atoms with Crippen LogP contribution >= 0.6 is 0 Å². The lowest BCUT2D eigenvalue weighted by Gasteiger charge is -2.23. The van der Waals surface area contributed by atoms with Crippen LogP contribution in [0.2, 0.25) is 0 Å². The number of benzene rings is 1. The van der Waals surface area contributed by atoms with E-state index in [1.54, 1.807) is 6.07 Å². The van der Waals surface area contributed by atoms with Crippen LogP contribution in [-0.4, -0.2) is 34.6 Å². The number of nitriles is 1. The number of urea groups is 1. The monoisotopic (exact) mass is 291 g/mol. The molecule has 1 aliphatic heterocycles. The van der Waals surface area contributed by atoms with Gasteiger partial charge in [0.15, 0.2) is 0 Å². The van der Waals surface area contributed by atoms with E-state index in [1.807, 2.05) is 0 Å². The van der Waals surface area contributed by atoms with E-state index in [0.717, 1.165) is 12.5 Å². The van der Waals surface area contributed by atoms with Gasteiger partial charge in [0, 0.05) is 12.6 Å². The van der Waals surface area contributed by atoms with Gasteiger partial charge in [-0.3, -0.25) is 4.79 Å². The Bertz CT molecular complexity index is 612. The van der Waals surface area contributed by atoms with Crippen LogP contribution in [0.3, 0.4) is 0 Å². The van der Waals surface area contributed by atoms with E-state index in [4.69, 9.17) is 10.4 Å². The highest BCUT2D eigenvalue weighted by molar-refractivity contribution is 5.90. The molecule has 1 aliphatic rings. The van der Waals surface area contributed by atoms with Gasteiger partial charge in [0.2, 0.25) is 0 Å². The molecule has 1 unspecified atom stereocenters. The van der Waals surface area contributed by atoms with Gasteiger partial charge in [-0.2, -0.15) is 5.26 Å². The number of hydrogen-bond donors (Lipinski definition) is 2. The summed E-state index contributed by atoms with van der Waals surface area (Å²) in [7, 11) is 0. The second-order valence-electron chi connectivity index (χ2n) is 4.82. The first kappa shape index (κ1) is 14.8. The van der Waals surface area contributed by atoms with Crippen molar-refractivity contribution in [2.45, 2.75) is 25.3 Å². The van der Waals surface area contributed by atoms with Crippen molar-refractivity contribution in [3.63, 3.8) is 0 Å². The average Bonchev–Trinajstić information content (AvgIpc) is 2.88. The number of nitrogens with one attached hydrogen (secondary N) is 1. The first-order valence-electron chi connectivity index (χ1n) is 6.50. The molecule has 1 fully saturated rings. The van der Waals surface area contributed by atoms with Crippen LogP contribution in [0.5, 0.6) is 0 Å². The minimum atomic E-state index is -0.968. The van der Waals surface area contributed by atoms with E-state index in [1.165, 1.54) is 17.0 Å². The largest absolute Gasteiger partial charge is 0.481 e. The Kier molecular flexibility index (Phi) is 4.38. The smallest absolute Gasteiger partial charge is 0.322 e. The number of anilines is 1. The maximum Gasteiger partial charge on any atom is 0.322 e. The molecular formula is C14H14FN3O3. The average molecular weight is 291 g/mol. The van der Waals surface area contributed by atoms with E-state index >= 15 is 0 Å². The number of aliphatic carboxylic acids is 1. The Labute approximate surface area is 120 Å². The van der Waals surface area contributed by atoms with Gasteiger partial charge in [0.05, 0.1) is 23.7 Å². The van der Waals surface area contributed by atoms with Gasteiger partial charge in [-0.25, -0.2) is 9.18 Å². The highest BCUT2D eigenvalue weighted by Crippen LogP contribution is 2.22. The molecule has 7 heteroatoms. The Morgan fingerprint density at radius 1 is 1.52 bits per heavy atom. The minimum Gasteiger partial charge on any atom is -0.481 e. The van der Waals surface area contributed by atoms with Crippen molar-refractivity contribution >= 4 is 17.7 Å². The Morgan fingerprint density at radius 3 is 2.90 bits per heavy atom. The molecule has 0 bridgehead atoms. The zero-order valence-corrected chi connectivity index (χ0v) is 11.2. The topological polar surface area (TPSA) is 93.4 Å². The van der Waals surface area contributed by atoms with Crippen LogP contribution in [0.1, 0.15) is 24.8 Å². The fourth-order valence-corrected chi connectivity index (χ4v) is 2.39. The SMILES string of the molecule is N#Cc1ccc(NC(=O)N2CCCC2CC(=O)O)c(F)c1. The lowest BCUT2D eigenvalue weighted by molar-refractivity contribution is -0.137. The number of hydrogen-bond acceptors (Lipinski definition) is 3. The molecule has 1 heterocycles. The van der Waals surface area contributed by atoms with Crippen LogP contribution in [-0.2, 0) is 4.79 Å². The normalized spacial score (nSPS) is 17.3. The molecule has 0 spiro atoms. The van der Waals surface area contributed by atoms with Gasteiger partial charge in [-0.1, -0.05) is 0 Å². The van der Waals surface area contributed by atoms with Crippen molar-refractivity contribution in [2.75, 3.05) is 11.9 Å². The molecule has 110 valence electrons. The second-order valence-corrected chi connectivity index (χ2v) is 4.82. The molecule has 0 radical (unpaired) electrons. The van der Waals surface area contributed by atoms with E-state index < -0.39 is 17.8 Å². The summed E-state index contributed by atoms with van der Waals surface area (Å²) < 4.78 is 13.7. The lowest BCUT2D eigenvalue weighted by Crippen LogP contribution is -2.39. The highest BCUT2D eigenvalue weighted by atomic mass is 19.1. The third-order valence-corrected chi connectivity index (χ3v) is 3.39. The number of likely N-dealkylation sites (tertiary alicyclic amines) is 1. The molecule has 1 saturated heterocycles. The Morgan fingerprint density at radius 2 is 2.29 bits per heavy atom. The van der Waals surface area contributed by atoms with E-state index in [-0.39, 0.29) is 23.7 Å². The molecule has 6 nitrogen and oxygen atoms in total. The maximum absolute atomic E-state index is 13.7. The van der Waals surface area contributed by atoms with Crippen molar-refractivity contribution in [1.82, 2.24) is 4.90 Å². The van der Waals surface area contributed by atoms with Crippen LogP contribution in [0.15, 0.2) is 18.2 Å². The van der Waals surface area contributed by atoms with Crippen molar-refractivity contribution in [2.24, 2.45) is 0 Å². The number of carbonyl (C=O) groups is 2. The van der Waals surface area contributed by atoms with E-state index in [0.29, 0.717) is 13.0 Å². The molecule has 0 aromatic heterocycles. The summed E-state index contributed by atoms with van der Waals surface area (Å²) in [6, 6.07) is 4.66. The van der Waals surface area contributed by atoms with Crippen LogP contribution in [0, 0.1) is 17.1 Å². The molecule has 1 aromatic carbocycles. The van der Waals surface area contributed by atoms with E-state index in [2.05, 4.69) is 5.32 Å². The summed E-state index contributed by atoms with van der Waals surface area (Å²) in [5.41, 5.74) is 0.135. The fraction of sp³-hybridized carbons (Fsp3) is 0.357. The molecule has 0 aliphatic carbocycles. The molecule has 2 N–H and O–H groups in total. The Hall–Kier alpha value is -2.62. The number of carboxylic acids is 1. The lowest BCUT2D eigenvalue weighted by atomic mass is 10.1. The van der Waals surface area contributed by atoms with Gasteiger partial charge in [0.25, 0.3) is 0 Å². The number of halogens is 1. The minimum absolute atomic E-state index is 0.0278. The molecule has 2 amide bonds. The summed E-state index contributed by atoms with van der Waals surface area (Å²) in [6.07, 6.45) is 1.22. The third-order valence-electron chi connectivity index (χ3n) is 3.39. The van der Waals surface area contributed by atoms with Crippen LogP contribution in [0.4, 0.5) is 14.9 Å². The zero-order valence-electron chi connectivity index (χ0n) is 11.2. The molecular weight excluding hydrogens is 277 g/mol. The zero-order chi connectivity index (χ0) is 15.4. The molecule has 21 heavy (non-hydrogen) atoms. The van der Waals surface area contributed by atoms with Crippen LogP contribution < -0.4 is 5.32 Å². The number of nitrogens with zero attached hydrogens (tertiary/aromatic N) is 2. The number of carbonyl (C=O) groups excluding carboxylic acids is 1. The summed E-state index contributed by atoms with van der Waals surface area (Å²) in [4.78, 5) is 24.3. The summed E-state index contributed by atoms with van der Waals surface area (Å²) in [5.74, 6) is -1.67. The predicted octanol–water partition coefficient (Wildman–Crippen LogP) is 2.17. The summed E-state index contributed by atoms with van der Waals surface area (Å²) in [5, 5.41) is 19.9. The van der Waals surface area contributed by atoms with E-state index in [9.17, 15) is 14.0 Å². The van der Waals surface area contributed by atoms with Gasteiger partial charge < -0.3 is 15.3 Å². The number of amides is 2. The molecule has 1 atom stereocenters. The van der Waals surface area contributed by atoms with Crippen LogP contribution in [0.25, 0.3) is 0 Å². The third kappa shape index (κ3) is 3.48. The Balaban J connectivity index is 2.07. The predicted molar refractivity (Wildman–Crippen MR) is 72.1 cm³/mol. The molecule has 1 aromatic rings. The van der Waals surface area contributed by atoms with Gasteiger partial charge in [-0.05, 0) is 31.0 Å². The maximum atomic E-state index is 13.7. The standard InChI is InChI=1S/C14H14FN3O3/c15-11-6-9(8-16)3-4-12(11)17-14(21)18-5-1-2-10(18)7-13(19)20/h3-4,6,10H,1-2,5,7H2,(H,17,21)(H,19,20). The van der Waals surface area contributed by atoms with Crippen molar-refractivity contribution in [1.29, 1.82) is 5.26 Å². The van der Waals surface area contributed by atoms with Gasteiger partial charge >= 0.3 is 12.0 Å². The van der Waals surface area contributed by atoms with Gasteiger partial charge in [-0.15, -0.1) is 0 Å². The highest BCUT2D eigenvalue weighted by Gasteiger charge is 2.30. The first-order chi connectivity index (χ1) is 10.0. The summed E-state index contributed by atoms with van der Waals surface area (Å²) >= 11 is 0. The quantitative estimate of drug-likeness (QED) is 0.892. The fourth-order valence-electron chi connectivity index (χ4n) is 2.39. The van der Waals surface area contributed by atoms with Crippen molar-refractivity contribution < 1.29 is 19.1 Å². The number of carboxylic acid groups (broad SMARTS) is 1. The summed E-state index contributed by atoms with van der Waals surface area (Å²) in [6.45, 7) is 0.446. The van der Waals surface area contributed by atoms with Gasteiger partial charge in [0.1, 0.15) is 5.82 Å². The van der Waals surface area contributed by atoms with Crippen molar-refractivity contribution in [3.05, 3.63) is 29.6 Å². The van der Waals surface area contributed by atoms with Crippen molar-refractivity contribution in [3.8, 4) is 6.07 Å². The molecule has 0 saturated carbocycles. The first-order valence-corrected chi connectivity index (χ1v) is 6.50.